The van der Waals surface area contributed by atoms with Crippen LogP contribution in [0.2, 0.25) is 0 Å². The van der Waals surface area contributed by atoms with Crippen LogP contribution in [-0.2, 0) is 4.79 Å². The molecule has 1 rings (SSSR count). The molecule has 0 unspecified atom stereocenters. The van der Waals surface area contributed by atoms with Crippen molar-refractivity contribution in [2.24, 2.45) is 0 Å². The van der Waals surface area contributed by atoms with E-state index in [2.05, 4.69) is 0 Å². The van der Waals surface area contributed by atoms with Crippen LogP contribution in [-0.4, -0.2) is 17.3 Å². The largest absolute Gasteiger partial charge is 0.315 e. The Morgan fingerprint density at radius 1 is 1.53 bits per heavy atom. The molecule has 0 aliphatic rings. The van der Waals surface area contributed by atoms with Crippen LogP contribution in [0.3, 0.4) is 0 Å². The van der Waals surface area contributed by atoms with E-state index in [4.69, 9.17) is 5.26 Å². The molecule has 0 aromatic heterocycles. The number of nitro benzene ring substituents is 1. The molecular formula is C9H5F2N3O3. The van der Waals surface area contributed by atoms with Crippen LogP contribution in [0, 0.1) is 21.4 Å². The Morgan fingerprint density at radius 2 is 2.18 bits per heavy atom. The summed E-state index contributed by atoms with van der Waals surface area (Å²) in [6.45, 7) is 0. The smallest absolute Gasteiger partial charge is 0.315 e. The lowest BCUT2D eigenvalue weighted by Gasteiger charge is -2.05. The average molecular weight is 241 g/mol. The molecule has 17 heavy (non-hydrogen) atoms. The molecule has 1 aromatic rings. The van der Waals surface area contributed by atoms with Crippen LogP contribution in [0.1, 0.15) is 5.56 Å². The topological polar surface area (TPSA) is 96.0 Å². The molecule has 88 valence electrons. The van der Waals surface area contributed by atoms with Gasteiger partial charge in [0, 0.05) is 6.07 Å². The van der Waals surface area contributed by atoms with E-state index in [9.17, 15) is 23.7 Å². The summed E-state index contributed by atoms with van der Waals surface area (Å²) in [5.41, 5.74) is -0.996. The predicted octanol–water partition coefficient (Wildman–Crippen LogP) is 1.67. The summed E-state index contributed by atoms with van der Waals surface area (Å²) in [5, 5.41) is 20.8. The number of hydrogen-bond donors (Lipinski definition) is 1. The fraction of sp³-hybridized carbons (Fsp3) is 0.111. The number of nitro groups is 1. The maximum absolute atomic E-state index is 12.0. The van der Waals surface area contributed by atoms with Crippen molar-refractivity contribution in [3.63, 3.8) is 0 Å². The molecule has 0 saturated heterocycles. The Bertz CT molecular complexity index is 511. The zero-order valence-electron chi connectivity index (χ0n) is 8.18. The van der Waals surface area contributed by atoms with Gasteiger partial charge in [0.15, 0.2) is 0 Å². The van der Waals surface area contributed by atoms with Crippen LogP contribution < -0.4 is 5.32 Å². The molecule has 0 spiro atoms. The van der Waals surface area contributed by atoms with Crippen molar-refractivity contribution in [1.29, 1.82) is 5.26 Å². The van der Waals surface area contributed by atoms with Gasteiger partial charge in [0.05, 0.1) is 16.6 Å². The molecule has 0 bridgehead atoms. The Kier molecular flexibility index (Phi) is 3.66. The van der Waals surface area contributed by atoms with Gasteiger partial charge in [-0.2, -0.15) is 14.0 Å². The van der Waals surface area contributed by atoms with Crippen molar-refractivity contribution in [2.75, 3.05) is 5.32 Å². The molecule has 1 N–H and O–H groups in total. The zero-order valence-corrected chi connectivity index (χ0v) is 8.18. The van der Waals surface area contributed by atoms with Crippen LogP contribution in [0.15, 0.2) is 18.2 Å². The SMILES string of the molecule is N#Cc1ccc(NC(=O)C(F)F)c([N+](=O)[O-])c1. The van der Waals surface area contributed by atoms with Gasteiger partial charge in [-0.05, 0) is 12.1 Å². The van der Waals surface area contributed by atoms with E-state index in [-0.39, 0.29) is 11.3 Å². The standard InChI is InChI=1S/C9H5F2N3O3/c10-8(11)9(15)13-6-2-1-5(4-12)3-7(6)14(16)17/h1-3,8H,(H,13,15). The highest BCUT2D eigenvalue weighted by Crippen LogP contribution is 2.25. The fourth-order valence-electron chi connectivity index (χ4n) is 1.05. The van der Waals surface area contributed by atoms with Crippen molar-refractivity contribution in [2.45, 2.75) is 6.43 Å². The highest BCUT2D eigenvalue weighted by Gasteiger charge is 2.21. The van der Waals surface area contributed by atoms with Crippen molar-refractivity contribution >= 4 is 17.3 Å². The normalized spacial score (nSPS) is 9.76. The summed E-state index contributed by atoms with van der Waals surface area (Å²) < 4.78 is 23.9. The Labute approximate surface area is 93.6 Å². The molecule has 0 aliphatic carbocycles. The molecule has 1 aromatic carbocycles. The quantitative estimate of drug-likeness (QED) is 0.642. The second kappa shape index (κ2) is 4.98. The lowest BCUT2D eigenvalue weighted by molar-refractivity contribution is -0.384. The van der Waals surface area contributed by atoms with E-state index in [0.717, 1.165) is 12.1 Å². The van der Waals surface area contributed by atoms with Gasteiger partial charge >= 0.3 is 6.43 Å². The summed E-state index contributed by atoms with van der Waals surface area (Å²) in [4.78, 5) is 20.4. The van der Waals surface area contributed by atoms with E-state index in [1.807, 2.05) is 0 Å². The minimum atomic E-state index is -3.27. The van der Waals surface area contributed by atoms with Crippen LogP contribution in [0.5, 0.6) is 0 Å². The number of nitrogens with zero attached hydrogens (tertiary/aromatic N) is 2. The maximum Gasteiger partial charge on any atom is 0.315 e. The third-order valence-corrected chi connectivity index (χ3v) is 1.78. The first kappa shape index (κ1) is 12.5. The number of nitriles is 1. The summed E-state index contributed by atoms with van der Waals surface area (Å²) in [5.74, 6) is -1.64. The van der Waals surface area contributed by atoms with Crippen molar-refractivity contribution in [3.8, 4) is 6.07 Å². The zero-order chi connectivity index (χ0) is 13.0. The molecule has 0 heterocycles. The van der Waals surface area contributed by atoms with Crippen LogP contribution in [0.25, 0.3) is 0 Å². The van der Waals surface area contributed by atoms with E-state index >= 15 is 0 Å². The van der Waals surface area contributed by atoms with Gasteiger partial charge in [0.25, 0.3) is 11.6 Å². The van der Waals surface area contributed by atoms with Gasteiger partial charge in [-0.1, -0.05) is 0 Å². The molecule has 6 nitrogen and oxygen atoms in total. The highest BCUT2D eigenvalue weighted by atomic mass is 19.3. The number of amides is 1. The Morgan fingerprint density at radius 3 is 2.65 bits per heavy atom. The molecule has 8 heteroatoms. The van der Waals surface area contributed by atoms with Crippen molar-refractivity contribution in [3.05, 3.63) is 33.9 Å². The van der Waals surface area contributed by atoms with Crippen molar-refractivity contribution in [1.82, 2.24) is 0 Å². The van der Waals surface area contributed by atoms with Crippen LogP contribution >= 0.6 is 0 Å². The number of hydrogen-bond acceptors (Lipinski definition) is 4. The minimum absolute atomic E-state index is 0.00764. The van der Waals surface area contributed by atoms with Gasteiger partial charge in [-0.3, -0.25) is 14.9 Å². The first-order valence-electron chi connectivity index (χ1n) is 4.23. The maximum atomic E-state index is 12.0. The average Bonchev–Trinajstić information content (AvgIpc) is 2.29. The van der Waals surface area contributed by atoms with Gasteiger partial charge in [0.1, 0.15) is 5.69 Å². The highest BCUT2D eigenvalue weighted by molar-refractivity contribution is 5.95. The predicted molar refractivity (Wildman–Crippen MR) is 52.4 cm³/mol. The monoisotopic (exact) mass is 241 g/mol. The first-order chi connectivity index (χ1) is 7.95. The fourth-order valence-corrected chi connectivity index (χ4v) is 1.05. The lowest BCUT2D eigenvalue weighted by atomic mass is 10.2. The van der Waals surface area contributed by atoms with Gasteiger partial charge in [0.2, 0.25) is 0 Å². The molecule has 0 saturated carbocycles. The van der Waals surface area contributed by atoms with E-state index in [0.29, 0.717) is 0 Å². The van der Waals surface area contributed by atoms with Gasteiger partial charge in [-0.25, -0.2) is 0 Å². The number of anilines is 1. The Balaban J connectivity index is 3.12. The van der Waals surface area contributed by atoms with Crippen molar-refractivity contribution < 1.29 is 18.5 Å². The van der Waals surface area contributed by atoms with E-state index in [1.165, 1.54) is 6.07 Å². The number of benzene rings is 1. The van der Waals surface area contributed by atoms with Gasteiger partial charge < -0.3 is 5.32 Å². The summed E-state index contributed by atoms with van der Waals surface area (Å²) >= 11 is 0. The number of carbonyl (C=O) groups is 1. The third kappa shape index (κ3) is 2.94. The summed E-state index contributed by atoms with van der Waals surface area (Å²) in [6, 6.07) is 4.75. The number of halogens is 2. The Hall–Kier alpha value is -2.56. The minimum Gasteiger partial charge on any atom is -0.315 e. The summed E-state index contributed by atoms with van der Waals surface area (Å²) in [6.07, 6.45) is -3.27. The number of carbonyl (C=O) groups excluding carboxylic acids is 1. The third-order valence-electron chi connectivity index (χ3n) is 1.78. The van der Waals surface area contributed by atoms with Crippen LogP contribution in [0.4, 0.5) is 20.2 Å². The second-order valence-electron chi connectivity index (χ2n) is 2.89. The lowest BCUT2D eigenvalue weighted by Crippen LogP contribution is -2.20. The first-order valence-corrected chi connectivity index (χ1v) is 4.23. The number of alkyl halides is 2. The van der Waals surface area contributed by atoms with Gasteiger partial charge in [-0.15, -0.1) is 0 Å². The molecule has 1 amide bonds. The molecule has 0 aliphatic heterocycles. The molecule has 0 fully saturated rings. The second-order valence-corrected chi connectivity index (χ2v) is 2.89. The van der Waals surface area contributed by atoms with E-state index < -0.39 is 22.9 Å². The number of rotatable bonds is 3. The molecule has 0 atom stereocenters. The molecular weight excluding hydrogens is 236 g/mol. The summed E-state index contributed by atoms with van der Waals surface area (Å²) in [7, 11) is 0. The molecule has 0 radical (unpaired) electrons. The number of nitrogens with one attached hydrogen (secondary N) is 1. The van der Waals surface area contributed by atoms with E-state index in [1.54, 1.807) is 11.4 Å².